The lowest BCUT2D eigenvalue weighted by Crippen LogP contribution is -3.19. The lowest BCUT2D eigenvalue weighted by atomic mass is 9.57. The van der Waals surface area contributed by atoms with Gasteiger partial charge in [-0.05, 0) is 49.0 Å². The Labute approximate surface area is 219 Å². The van der Waals surface area contributed by atoms with Crippen LogP contribution in [-0.2, 0) is 16.0 Å². The van der Waals surface area contributed by atoms with Crippen LogP contribution in [0.2, 0.25) is 0 Å². The summed E-state index contributed by atoms with van der Waals surface area (Å²) in [6.07, 6.45) is 8.00. The van der Waals surface area contributed by atoms with Crippen LogP contribution in [0.4, 0.5) is 5.69 Å². The highest BCUT2D eigenvalue weighted by atomic mass is 16.4. The summed E-state index contributed by atoms with van der Waals surface area (Å²) in [5.74, 6) is -1.86. The normalized spacial score (nSPS) is 27.8. The highest BCUT2D eigenvalue weighted by molar-refractivity contribution is 5.88. The second-order valence-corrected chi connectivity index (χ2v) is 10.5. The van der Waals surface area contributed by atoms with Crippen LogP contribution in [0.5, 0.6) is 0 Å². The number of para-hydroxylation sites is 1. The van der Waals surface area contributed by atoms with Crippen LogP contribution in [0.15, 0.2) is 72.8 Å². The Morgan fingerprint density at radius 2 is 1.59 bits per heavy atom. The van der Waals surface area contributed by atoms with Gasteiger partial charge in [0, 0.05) is 30.5 Å². The quantitative estimate of drug-likeness (QED) is 0.511. The molecule has 0 amide bonds. The van der Waals surface area contributed by atoms with Crippen LogP contribution in [0.25, 0.3) is 0 Å². The molecule has 2 bridgehead atoms. The first-order chi connectivity index (χ1) is 17.9. The van der Waals surface area contributed by atoms with Crippen molar-refractivity contribution in [2.75, 3.05) is 31.1 Å². The minimum Gasteiger partial charge on any atom is -0.545 e. The van der Waals surface area contributed by atoms with Crippen LogP contribution in [0.1, 0.15) is 37.7 Å². The molecule has 0 aromatic heterocycles. The molecular formula is C30H38N2O5. The van der Waals surface area contributed by atoms with Crippen molar-refractivity contribution in [3.8, 4) is 0 Å². The number of fused-ring (bicyclic) bond motifs is 2. The van der Waals surface area contributed by atoms with E-state index in [2.05, 4.69) is 65.6 Å². The van der Waals surface area contributed by atoms with E-state index in [1.54, 1.807) is 4.90 Å². The summed E-state index contributed by atoms with van der Waals surface area (Å²) in [4.78, 5) is 23.2. The highest BCUT2D eigenvalue weighted by Gasteiger charge is 2.55. The molecule has 1 heterocycles. The number of anilines is 1. The van der Waals surface area contributed by atoms with Crippen molar-refractivity contribution in [3.05, 3.63) is 78.4 Å². The Hall–Kier alpha value is -3.16. The van der Waals surface area contributed by atoms with Crippen molar-refractivity contribution in [2.45, 2.75) is 50.2 Å². The Balaban J connectivity index is 0.000000349. The third-order valence-electron chi connectivity index (χ3n) is 8.47. The molecule has 0 spiro atoms. The van der Waals surface area contributed by atoms with E-state index in [0.717, 1.165) is 19.5 Å². The summed E-state index contributed by atoms with van der Waals surface area (Å²) in [5.41, 5.74) is 2.15. The monoisotopic (exact) mass is 506 g/mol. The molecule has 0 radical (unpaired) electrons. The number of hydrogen-bond donors (Lipinski definition) is 3. The molecule has 2 aliphatic carbocycles. The Kier molecular flexibility index (Phi) is 9.00. The summed E-state index contributed by atoms with van der Waals surface area (Å²) in [5, 5.41) is 29.2. The summed E-state index contributed by atoms with van der Waals surface area (Å²) < 4.78 is 0. The number of carbonyl (C=O) groups is 2. The molecule has 3 N–H and O–H groups in total. The fourth-order valence-corrected chi connectivity index (χ4v) is 6.80. The zero-order valence-corrected chi connectivity index (χ0v) is 21.3. The van der Waals surface area contributed by atoms with E-state index in [1.165, 1.54) is 56.4 Å². The molecule has 4 unspecified atom stereocenters. The van der Waals surface area contributed by atoms with Gasteiger partial charge in [-0.3, -0.25) is 0 Å². The van der Waals surface area contributed by atoms with Gasteiger partial charge in [-0.25, -0.2) is 4.79 Å². The lowest BCUT2D eigenvalue weighted by Gasteiger charge is -2.54. The van der Waals surface area contributed by atoms with Crippen LogP contribution >= 0.6 is 0 Å². The zero-order valence-electron chi connectivity index (χ0n) is 21.3. The van der Waals surface area contributed by atoms with Gasteiger partial charge in [-0.2, -0.15) is 0 Å². The number of carboxylic acids is 2. The van der Waals surface area contributed by atoms with E-state index in [9.17, 15) is 19.8 Å². The molecule has 1 saturated heterocycles. The molecule has 7 heteroatoms. The zero-order chi connectivity index (χ0) is 26.3. The third-order valence-corrected chi connectivity index (χ3v) is 8.47. The summed E-state index contributed by atoms with van der Waals surface area (Å²) in [6, 6.07) is 22.2. The predicted molar refractivity (Wildman–Crippen MR) is 140 cm³/mol. The van der Waals surface area contributed by atoms with Crippen molar-refractivity contribution in [3.63, 3.8) is 0 Å². The topological polar surface area (TPSA) is 105 Å². The van der Waals surface area contributed by atoms with Gasteiger partial charge in [0.1, 0.15) is 0 Å². The van der Waals surface area contributed by atoms with E-state index in [4.69, 9.17) is 5.11 Å². The minimum absolute atomic E-state index is 0.447. The number of piperazine rings is 1. The van der Waals surface area contributed by atoms with Crippen LogP contribution in [-0.4, -0.2) is 60.0 Å². The fourth-order valence-electron chi connectivity index (χ4n) is 6.80. The van der Waals surface area contributed by atoms with Crippen molar-refractivity contribution in [1.82, 2.24) is 0 Å². The number of aliphatic hydroxyl groups is 1. The minimum atomic E-state index is -1.51. The van der Waals surface area contributed by atoms with Crippen molar-refractivity contribution >= 4 is 17.6 Å². The SMILES string of the molecule is O=C([O-])/C=C\C(=O)O.OC1(Cc2ccccc2)C2CCCC1C([NH+]1CCN(c3ccccc3)CC1)CC2. The van der Waals surface area contributed by atoms with Crippen LogP contribution < -0.4 is 14.9 Å². The standard InChI is InChI=1S/C26H34N2O.C4H4O4/c29-26(20-21-8-3-1-4-9-21)22-10-7-13-24(26)25(15-14-22)28-18-16-27(17-19-28)23-11-5-2-6-12-23;5-3(6)1-2-4(7)8/h1-6,8-9,11-12,22,24-25,29H,7,10,13-20H2;1-2H,(H,5,6)(H,7,8)/b;2-1-. The number of carbonyl (C=O) groups excluding carboxylic acids is 1. The van der Waals surface area contributed by atoms with Gasteiger partial charge in [-0.15, -0.1) is 0 Å². The molecule has 2 aromatic carbocycles. The largest absolute Gasteiger partial charge is 0.545 e. The maximum absolute atomic E-state index is 12.0. The van der Waals surface area contributed by atoms with E-state index in [1.807, 2.05) is 0 Å². The number of hydrogen-bond acceptors (Lipinski definition) is 5. The molecule has 3 aliphatic rings. The number of quaternary nitrogens is 1. The second-order valence-electron chi connectivity index (χ2n) is 10.5. The summed E-state index contributed by atoms with van der Waals surface area (Å²) in [7, 11) is 0. The molecule has 2 saturated carbocycles. The van der Waals surface area contributed by atoms with E-state index < -0.39 is 17.5 Å². The van der Waals surface area contributed by atoms with Gasteiger partial charge in [0.2, 0.25) is 0 Å². The van der Waals surface area contributed by atoms with Gasteiger partial charge >= 0.3 is 5.97 Å². The number of nitrogens with one attached hydrogen (secondary N) is 1. The smallest absolute Gasteiger partial charge is 0.328 e. The van der Waals surface area contributed by atoms with Crippen LogP contribution in [0.3, 0.4) is 0 Å². The summed E-state index contributed by atoms with van der Waals surface area (Å²) >= 11 is 0. The third kappa shape index (κ3) is 6.79. The molecule has 37 heavy (non-hydrogen) atoms. The van der Waals surface area contributed by atoms with Crippen molar-refractivity contribution < 1.29 is 29.8 Å². The molecule has 2 aromatic rings. The molecule has 5 rings (SSSR count). The lowest BCUT2D eigenvalue weighted by molar-refractivity contribution is -0.932. The van der Waals surface area contributed by atoms with Gasteiger partial charge in [-0.1, -0.05) is 55.0 Å². The van der Waals surface area contributed by atoms with Crippen molar-refractivity contribution in [1.29, 1.82) is 0 Å². The molecule has 198 valence electrons. The number of carboxylic acid groups (broad SMARTS) is 2. The predicted octanol–water partition coefficient (Wildman–Crippen LogP) is 1.32. The Bertz CT molecular complexity index is 1040. The molecular weight excluding hydrogens is 468 g/mol. The Morgan fingerprint density at radius 3 is 2.19 bits per heavy atom. The van der Waals surface area contributed by atoms with E-state index in [-0.39, 0.29) is 0 Å². The van der Waals surface area contributed by atoms with E-state index >= 15 is 0 Å². The second kappa shape index (κ2) is 12.4. The van der Waals surface area contributed by atoms with E-state index in [0.29, 0.717) is 30.0 Å². The molecule has 7 nitrogen and oxygen atoms in total. The Morgan fingerprint density at radius 1 is 0.946 bits per heavy atom. The molecule has 4 atom stereocenters. The first kappa shape index (κ1) is 26.9. The first-order valence-corrected chi connectivity index (χ1v) is 13.4. The number of rotatable bonds is 6. The fraction of sp³-hybridized carbons (Fsp3) is 0.467. The van der Waals surface area contributed by atoms with Crippen LogP contribution in [0, 0.1) is 11.8 Å². The first-order valence-electron chi connectivity index (χ1n) is 13.4. The van der Waals surface area contributed by atoms with Gasteiger partial charge < -0.3 is 29.9 Å². The maximum atomic E-state index is 12.0. The summed E-state index contributed by atoms with van der Waals surface area (Å²) in [6.45, 7) is 4.65. The maximum Gasteiger partial charge on any atom is 0.328 e. The van der Waals surface area contributed by atoms with Crippen molar-refractivity contribution in [2.24, 2.45) is 11.8 Å². The average molecular weight is 507 g/mol. The highest BCUT2D eigenvalue weighted by Crippen LogP contribution is 2.48. The number of benzene rings is 2. The van der Waals surface area contributed by atoms with Gasteiger partial charge in [0.05, 0.1) is 43.8 Å². The average Bonchev–Trinajstić information content (AvgIpc) is 2.89. The van der Waals surface area contributed by atoms with Gasteiger partial charge in [0.25, 0.3) is 0 Å². The van der Waals surface area contributed by atoms with Gasteiger partial charge in [0.15, 0.2) is 0 Å². The molecule has 1 aliphatic heterocycles. The number of aliphatic carboxylic acids is 2. The number of nitrogens with zero attached hydrogens (tertiary/aromatic N) is 1. The molecule has 3 fully saturated rings.